The molecule has 1 amide bonds. The smallest absolute Gasteiger partial charge is 0.226 e. The molecule has 8 heteroatoms. The molecule has 2 fully saturated rings. The van der Waals surface area contributed by atoms with Crippen molar-refractivity contribution in [3.05, 3.63) is 53.0 Å². The van der Waals surface area contributed by atoms with Crippen LogP contribution in [0.3, 0.4) is 0 Å². The van der Waals surface area contributed by atoms with Crippen LogP contribution in [-0.4, -0.2) is 56.1 Å². The summed E-state index contributed by atoms with van der Waals surface area (Å²) in [5.41, 5.74) is 2.82. The highest BCUT2D eigenvalue weighted by Gasteiger charge is 2.37. The average molecular weight is 474 g/mol. The number of amides is 1. The van der Waals surface area contributed by atoms with E-state index < -0.39 is 15.7 Å². The first-order chi connectivity index (χ1) is 15.7. The molecule has 1 unspecified atom stereocenters. The summed E-state index contributed by atoms with van der Waals surface area (Å²) < 4.78 is 37.8. The van der Waals surface area contributed by atoms with Crippen molar-refractivity contribution in [3.63, 3.8) is 0 Å². The second kappa shape index (κ2) is 9.41. The summed E-state index contributed by atoms with van der Waals surface area (Å²) in [6.07, 6.45) is 6.77. The molecule has 0 bridgehead atoms. The van der Waals surface area contributed by atoms with Crippen molar-refractivity contribution >= 4 is 21.6 Å². The standard InChI is InChI=1S/C25H32FN3O3S/c1-4-18-13-17(2)24(27-16-18)28-10-8-21(9-11-28)29-12-7-20(25(29)30)14-19-5-6-22(15-23(19)26)33(3,31)32/h5-6,13,15-16,20-21H,4,7-12,14H2,1-3H3. The highest BCUT2D eigenvalue weighted by molar-refractivity contribution is 7.90. The maximum absolute atomic E-state index is 14.5. The van der Waals surface area contributed by atoms with Crippen molar-refractivity contribution in [2.45, 2.75) is 56.9 Å². The van der Waals surface area contributed by atoms with Crippen molar-refractivity contribution in [2.24, 2.45) is 5.92 Å². The van der Waals surface area contributed by atoms with E-state index >= 15 is 0 Å². The van der Waals surface area contributed by atoms with Crippen molar-refractivity contribution in [1.29, 1.82) is 0 Å². The van der Waals surface area contributed by atoms with Crippen molar-refractivity contribution in [1.82, 2.24) is 9.88 Å². The van der Waals surface area contributed by atoms with E-state index in [1.165, 1.54) is 23.3 Å². The zero-order valence-electron chi connectivity index (χ0n) is 19.6. The highest BCUT2D eigenvalue weighted by Crippen LogP contribution is 2.30. The van der Waals surface area contributed by atoms with E-state index in [4.69, 9.17) is 0 Å². The zero-order valence-corrected chi connectivity index (χ0v) is 20.4. The Labute approximate surface area is 195 Å². The molecule has 3 heterocycles. The number of halogens is 1. The topological polar surface area (TPSA) is 70.6 Å². The fraction of sp³-hybridized carbons (Fsp3) is 0.520. The van der Waals surface area contributed by atoms with Crippen LogP contribution in [0.15, 0.2) is 35.4 Å². The van der Waals surface area contributed by atoms with E-state index in [1.807, 2.05) is 11.1 Å². The molecule has 33 heavy (non-hydrogen) atoms. The molecule has 6 nitrogen and oxygen atoms in total. The molecule has 0 radical (unpaired) electrons. The van der Waals surface area contributed by atoms with E-state index in [-0.39, 0.29) is 22.8 Å². The number of nitrogens with zero attached hydrogens (tertiary/aromatic N) is 3. The number of anilines is 1. The summed E-state index contributed by atoms with van der Waals surface area (Å²) in [5.74, 6) is 0.299. The number of piperidine rings is 1. The van der Waals surface area contributed by atoms with Gasteiger partial charge in [0.2, 0.25) is 5.91 Å². The SMILES string of the molecule is CCc1cnc(N2CCC(N3CCC(Cc4ccc(S(C)(=O)=O)cc4F)C3=O)CC2)c(C)c1. The van der Waals surface area contributed by atoms with Gasteiger partial charge in [0, 0.05) is 44.0 Å². The van der Waals surface area contributed by atoms with E-state index in [1.54, 1.807) is 0 Å². The third kappa shape index (κ3) is 5.05. The third-order valence-electron chi connectivity index (χ3n) is 6.99. The summed E-state index contributed by atoms with van der Waals surface area (Å²) >= 11 is 0. The molecular weight excluding hydrogens is 441 g/mol. The van der Waals surface area contributed by atoms with Gasteiger partial charge >= 0.3 is 0 Å². The van der Waals surface area contributed by atoms with Crippen LogP contribution in [0.25, 0.3) is 0 Å². The number of sulfone groups is 1. The first-order valence-electron chi connectivity index (χ1n) is 11.7. The van der Waals surface area contributed by atoms with Crippen LogP contribution in [0.5, 0.6) is 0 Å². The number of benzene rings is 1. The lowest BCUT2D eigenvalue weighted by atomic mass is 9.97. The molecule has 1 aromatic heterocycles. The lowest BCUT2D eigenvalue weighted by molar-refractivity contribution is -0.133. The Bertz CT molecular complexity index is 1140. The van der Waals surface area contributed by atoms with E-state index in [0.29, 0.717) is 24.9 Å². The van der Waals surface area contributed by atoms with Crippen LogP contribution in [0.4, 0.5) is 10.2 Å². The Morgan fingerprint density at radius 1 is 1.12 bits per heavy atom. The molecule has 0 spiro atoms. The summed E-state index contributed by atoms with van der Waals surface area (Å²) in [4.78, 5) is 22.0. The van der Waals surface area contributed by atoms with Gasteiger partial charge in [-0.05, 0) is 67.9 Å². The number of carbonyl (C=O) groups excluding carboxylic acids is 1. The van der Waals surface area contributed by atoms with Gasteiger partial charge in [-0.25, -0.2) is 17.8 Å². The molecule has 0 N–H and O–H groups in total. The van der Waals surface area contributed by atoms with Crippen LogP contribution in [0.1, 0.15) is 42.9 Å². The number of hydrogen-bond donors (Lipinski definition) is 0. The third-order valence-corrected chi connectivity index (χ3v) is 8.10. The number of carbonyl (C=O) groups is 1. The van der Waals surface area contributed by atoms with Gasteiger partial charge in [-0.2, -0.15) is 0 Å². The Hall–Kier alpha value is -2.48. The lowest BCUT2D eigenvalue weighted by Crippen LogP contribution is -2.46. The Kier molecular flexibility index (Phi) is 6.75. The van der Waals surface area contributed by atoms with Crippen molar-refractivity contribution in [2.75, 3.05) is 30.8 Å². The lowest BCUT2D eigenvalue weighted by Gasteiger charge is -2.38. The zero-order chi connectivity index (χ0) is 23.8. The van der Waals surface area contributed by atoms with Gasteiger partial charge in [0.25, 0.3) is 0 Å². The van der Waals surface area contributed by atoms with Crippen LogP contribution >= 0.6 is 0 Å². The highest BCUT2D eigenvalue weighted by atomic mass is 32.2. The molecule has 1 atom stereocenters. The van der Waals surface area contributed by atoms with Gasteiger partial charge in [0.1, 0.15) is 11.6 Å². The number of aromatic nitrogens is 1. The molecule has 2 aliphatic rings. The largest absolute Gasteiger partial charge is 0.356 e. The number of aryl methyl sites for hydroxylation is 2. The second-order valence-electron chi connectivity index (χ2n) is 9.30. The minimum atomic E-state index is -3.46. The van der Waals surface area contributed by atoms with E-state index in [9.17, 15) is 17.6 Å². The molecule has 2 saturated heterocycles. The van der Waals surface area contributed by atoms with Crippen LogP contribution in [0.2, 0.25) is 0 Å². The Balaban J connectivity index is 1.36. The maximum Gasteiger partial charge on any atom is 0.226 e. The Morgan fingerprint density at radius 2 is 1.85 bits per heavy atom. The molecule has 4 rings (SSSR count). The van der Waals surface area contributed by atoms with Gasteiger partial charge in [-0.3, -0.25) is 4.79 Å². The predicted octanol–water partition coefficient (Wildman–Crippen LogP) is 3.56. The first kappa shape index (κ1) is 23.7. The number of rotatable bonds is 6. The van der Waals surface area contributed by atoms with Crippen LogP contribution < -0.4 is 4.90 Å². The summed E-state index contributed by atoms with van der Waals surface area (Å²) in [5, 5.41) is 0. The molecule has 2 aliphatic heterocycles. The van der Waals surface area contributed by atoms with E-state index in [0.717, 1.165) is 50.5 Å². The minimum Gasteiger partial charge on any atom is -0.356 e. The van der Waals surface area contributed by atoms with Gasteiger partial charge in [-0.1, -0.05) is 19.1 Å². The minimum absolute atomic E-state index is 0.0380. The van der Waals surface area contributed by atoms with Gasteiger partial charge in [-0.15, -0.1) is 0 Å². The van der Waals surface area contributed by atoms with Gasteiger partial charge in [0.15, 0.2) is 9.84 Å². The molecule has 1 aromatic carbocycles. The molecular formula is C25H32FN3O3S. The molecule has 0 aliphatic carbocycles. The van der Waals surface area contributed by atoms with Crippen molar-refractivity contribution in [3.8, 4) is 0 Å². The average Bonchev–Trinajstić information content (AvgIpc) is 3.14. The monoisotopic (exact) mass is 473 g/mol. The maximum atomic E-state index is 14.5. The second-order valence-corrected chi connectivity index (χ2v) is 11.3. The molecule has 2 aromatic rings. The first-order valence-corrected chi connectivity index (χ1v) is 13.6. The number of pyridine rings is 1. The normalized spacial score (nSPS) is 20.0. The fourth-order valence-corrected chi connectivity index (χ4v) is 5.68. The fourth-order valence-electron chi connectivity index (χ4n) is 5.04. The summed E-state index contributed by atoms with van der Waals surface area (Å²) in [6, 6.07) is 6.38. The molecule has 0 saturated carbocycles. The van der Waals surface area contributed by atoms with Crippen LogP contribution in [0, 0.1) is 18.7 Å². The van der Waals surface area contributed by atoms with Crippen LogP contribution in [-0.2, 0) is 27.5 Å². The van der Waals surface area contributed by atoms with Gasteiger partial charge < -0.3 is 9.80 Å². The van der Waals surface area contributed by atoms with Gasteiger partial charge in [0.05, 0.1) is 4.90 Å². The summed E-state index contributed by atoms with van der Waals surface area (Å²) in [7, 11) is -3.46. The van der Waals surface area contributed by atoms with Crippen molar-refractivity contribution < 1.29 is 17.6 Å². The Morgan fingerprint density at radius 3 is 2.45 bits per heavy atom. The molecule has 178 valence electrons. The van der Waals surface area contributed by atoms with E-state index in [2.05, 4.69) is 29.8 Å². The number of likely N-dealkylation sites (tertiary alicyclic amines) is 1. The predicted molar refractivity (Wildman–Crippen MR) is 127 cm³/mol. The quantitative estimate of drug-likeness (QED) is 0.642. The number of hydrogen-bond acceptors (Lipinski definition) is 5. The summed E-state index contributed by atoms with van der Waals surface area (Å²) in [6.45, 7) is 6.64.